The monoisotopic (exact) mass is 211 g/mol. The molecule has 0 atom stereocenters. The van der Waals surface area contributed by atoms with Gasteiger partial charge in [-0.1, -0.05) is 0 Å². The number of esters is 2. The van der Waals surface area contributed by atoms with Crippen molar-refractivity contribution in [1.29, 1.82) is 0 Å². The van der Waals surface area contributed by atoms with Crippen LogP contribution in [0.4, 0.5) is 0 Å². The third-order valence-corrected chi connectivity index (χ3v) is 1.71. The second-order valence-corrected chi connectivity index (χ2v) is 2.59. The van der Waals surface area contributed by atoms with Crippen LogP contribution in [-0.4, -0.2) is 31.1 Å². The van der Waals surface area contributed by atoms with Crippen molar-refractivity contribution < 1.29 is 19.1 Å². The minimum atomic E-state index is -0.798. The Kier molecular flexibility index (Phi) is 3.22. The van der Waals surface area contributed by atoms with E-state index in [1.54, 1.807) is 0 Å². The van der Waals surface area contributed by atoms with E-state index in [9.17, 15) is 14.4 Å². The zero-order chi connectivity index (χ0) is 11.4. The molecule has 0 saturated carbocycles. The summed E-state index contributed by atoms with van der Waals surface area (Å²) in [5.41, 5.74) is -0.746. The Hall–Kier alpha value is -2.11. The standard InChI is InChI=1S/C9H9NO5/c1-14-8(12)5-3-4-6(11)10-7(5)9(13)15-2/h3-4H,1-2H3,(H,10,11). The molecule has 15 heavy (non-hydrogen) atoms. The van der Waals surface area contributed by atoms with Crippen molar-refractivity contribution >= 4 is 11.9 Å². The number of hydrogen-bond donors (Lipinski definition) is 1. The third kappa shape index (κ3) is 2.22. The number of hydrogen-bond acceptors (Lipinski definition) is 5. The molecule has 0 fully saturated rings. The molecule has 1 aromatic heterocycles. The smallest absolute Gasteiger partial charge is 0.355 e. The summed E-state index contributed by atoms with van der Waals surface area (Å²) in [6.07, 6.45) is 0. The Morgan fingerprint density at radius 2 is 1.73 bits per heavy atom. The fourth-order valence-corrected chi connectivity index (χ4v) is 1.02. The number of ether oxygens (including phenoxy) is 2. The van der Waals surface area contributed by atoms with Crippen molar-refractivity contribution in [3.8, 4) is 0 Å². The quantitative estimate of drug-likeness (QED) is 0.693. The molecular weight excluding hydrogens is 202 g/mol. The van der Waals surface area contributed by atoms with Gasteiger partial charge in [-0.2, -0.15) is 0 Å². The van der Waals surface area contributed by atoms with Crippen LogP contribution in [0.1, 0.15) is 20.8 Å². The molecule has 0 aromatic carbocycles. The van der Waals surface area contributed by atoms with Gasteiger partial charge in [0.1, 0.15) is 5.69 Å². The maximum Gasteiger partial charge on any atom is 0.355 e. The minimum Gasteiger partial charge on any atom is -0.465 e. The first-order chi connectivity index (χ1) is 7.10. The Morgan fingerprint density at radius 3 is 2.27 bits per heavy atom. The topological polar surface area (TPSA) is 85.5 Å². The molecule has 1 N–H and O–H groups in total. The van der Waals surface area contributed by atoms with Gasteiger partial charge < -0.3 is 14.5 Å². The molecule has 0 saturated heterocycles. The summed E-state index contributed by atoms with van der Waals surface area (Å²) in [6.45, 7) is 0. The molecule has 0 spiro atoms. The zero-order valence-corrected chi connectivity index (χ0v) is 8.20. The molecule has 0 amide bonds. The Morgan fingerprint density at radius 1 is 1.13 bits per heavy atom. The Bertz CT molecular complexity index is 448. The van der Waals surface area contributed by atoms with Crippen LogP contribution in [-0.2, 0) is 9.47 Å². The van der Waals surface area contributed by atoms with Gasteiger partial charge in [0, 0.05) is 6.07 Å². The van der Waals surface area contributed by atoms with Crippen molar-refractivity contribution in [2.75, 3.05) is 14.2 Å². The lowest BCUT2D eigenvalue weighted by Crippen LogP contribution is -2.19. The van der Waals surface area contributed by atoms with Gasteiger partial charge in [0.15, 0.2) is 0 Å². The average molecular weight is 211 g/mol. The van der Waals surface area contributed by atoms with E-state index in [1.165, 1.54) is 13.2 Å². The van der Waals surface area contributed by atoms with Gasteiger partial charge in [-0.25, -0.2) is 9.59 Å². The van der Waals surface area contributed by atoms with E-state index >= 15 is 0 Å². The number of methoxy groups -OCH3 is 2. The van der Waals surface area contributed by atoms with Gasteiger partial charge >= 0.3 is 11.9 Å². The molecule has 0 unspecified atom stereocenters. The van der Waals surface area contributed by atoms with Crippen LogP contribution in [0.5, 0.6) is 0 Å². The highest BCUT2D eigenvalue weighted by molar-refractivity contribution is 6.01. The van der Waals surface area contributed by atoms with Gasteiger partial charge in [0.2, 0.25) is 5.56 Å². The zero-order valence-electron chi connectivity index (χ0n) is 8.20. The van der Waals surface area contributed by atoms with Crippen LogP contribution in [0.15, 0.2) is 16.9 Å². The van der Waals surface area contributed by atoms with Crippen LogP contribution in [0.3, 0.4) is 0 Å². The van der Waals surface area contributed by atoms with Crippen LogP contribution in [0.25, 0.3) is 0 Å². The second-order valence-electron chi connectivity index (χ2n) is 2.59. The van der Waals surface area contributed by atoms with E-state index in [0.717, 1.165) is 13.2 Å². The van der Waals surface area contributed by atoms with Crippen molar-refractivity contribution in [3.05, 3.63) is 33.7 Å². The number of nitrogens with one attached hydrogen (secondary N) is 1. The first-order valence-corrected chi connectivity index (χ1v) is 4.00. The fraction of sp³-hybridized carbons (Fsp3) is 0.222. The van der Waals surface area contributed by atoms with Gasteiger partial charge in [-0.3, -0.25) is 4.79 Å². The number of carbonyl (C=O) groups excluding carboxylic acids is 2. The lowest BCUT2D eigenvalue weighted by Gasteiger charge is -2.04. The number of rotatable bonds is 2. The molecule has 0 aliphatic heterocycles. The van der Waals surface area contributed by atoms with Crippen LogP contribution in [0, 0.1) is 0 Å². The molecular formula is C9H9NO5. The summed E-state index contributed by atoms with van der Waals surface area (Å²) in [5, 5.41) is 0. The molecule has 0 aliphatic rings. The van der Waals surface area contributed by atoms with E-state index in [0.29, 0.717) is 0 Å². The SMILES string of the molecule is COC(=O)c1ccc(=O)[nH]c1C(=O)OC. The highest BCUT2D eigenvalue weighted by Gasteiger charge is 2.18. The van der Waals surface area contributed by atoms with E-state index in [2.05, 4.69) is 14.5 Å². The molecule has 1 aromatic rings. The molecule has 0 aliphatic carbocycles. The predicted octanol–water partition coefficient (Wildman–Crippen LogP) is -0.0519. The fourth-order valence-electron chi connectivity index (χ4n) is 1.02. The van der Waals surface area contributed by atoms with E-state index in [4.69, 9.17) is 0 Å². The number of carbonyl (C=O) groups is 2. The number of aromatic amines is 1. The normalized spacial score (nSPS) is 9.47. The molecule has 0 bridgehead atoms. The van der Waals surface area contributed by atoms with Crippen molar-refractivity contribution in [3.63, 3.8) is 0 Å². The lowest BCUT2D eigenvalue weighted by atomic mass is 10.2. The predicted molar refractivity (Wildman–Crippen MR) is 49.7 cm³/mol. The highest BCUT2D eigenvalue weighted by atomic mass is 16.5. The van der Waals surface area contributed by atoms with Crippen molar-refractivity contribution in [2.45, 2.75) is 0 Å². The van der Waals surface area contributed by atoms with Crippen molar-refractivity contribution in [1.82, 2.24) is 4.98 Å². The summed E-state index contributed by atoms with van der Waals surface area (Å²) < 4.78 is 8.85. The summed E-state index contributed by atoms with van der Waals surface area (Å²) in [7, 11) is 2.32. The summed E-state index contributed by atoms with van der Waals surface area (Å²) in [4.78, 5) is 35.6. The highest BCUT2D eigenvalue weighted by Crippen LogP contribution is 2.06. The summed E-state index contributed by atoms with van der Waals surface area (Å²) >= 11 is 0. The summed E-state index contributed by atoms with van der Waals surface area (Å²) in [5.74, 6) is -1.51. The first kappa shape index (κ1) is 11.0. The van der Waals surface area contributed by atoms with Crippen LogP contribution < -0.4 is 5.56 Å². The molecule has 6 heteroatoms. The number of H-pyrrole nitrogens is 1. The Labute approximate surface area is 84.8 Å². The molecule has 0 radical (unpaired) electrons. The maximum absolute atomic E-state index is 11.2. The van der Waals surface area contributed by atoms with Gasteiger partial charge in [-0.05, 0) is 6.07 Å². The van der Waals surface area contributed by atoms with E-state index in [-0.39, 0.29) is 11.3 Å². The maximum atomic E-state index is 11.2. The molecule has 1 rings (SSSR count). The number of pyridine rings is 1. The summed E-state index contributed by atoms with van der Waals surface area (Å²) in [6, 6.07) is 2.33. The first-order valence-electron chi connectivity index (χ1n) is 4.00. The van der Waals surface area contributed by atoms with Gasteiger partial charge in [-0.15, -0.1) is 0 Å². The Balaban J connectivity index is 3.32. The van der Waals surface area contributed by atoms with Gasteiger partial charge in [0.05, 0.1) is 19.8 Å². The minimum absolute atomic E-state index is 0.0380. The van der Waals surface area contributed by atoms with Crippen LogP contribution >= 0.6 is 0 Å². The van der Waals surface area contributed by atoms with Gasteiger partial charge in [0.25, 0.3) is 0 Å². The molecule has 1 heterocycles. The second kappa shape index (κ2) is 4.41. The third-order valence-electron chi connectivity index (χ3n) is 1.71. The molecule has 80 valence electrons. The molecule has 6 nitrogen and oxygen atoms in total. The largest absolute Gasteiger partial charge is 0.465 e. The number of aromatic nitrogens is 1. The van der Waals surface area contributed by atoms with E-state index < -0.39 is 17.5 Å². The lowest BCUT2D eigenvalue weighted by molar-refractivity contribution is 0.0549. The van der Waals surface area contributed by atoms with Crippen LogP contribution in [0.2, 0.25) is 0 Å². The van der Waals surface area contributed by atoms with E-state index in [1.807, 2.05) is 0 Å². The average Bonchev–Trinajstić information content (AvgIpc) is 2.26. The van der Waals surface area contributed by atoms with Crippen molar-refractivity contribution in [2.24, 2.45) is 0 Å².